The van der Waals surface area contributed by atoms with Gasteiger partial charge in [0, 0.05) is 11.9 Å². The van der Waals surface area contributed by atoms with Crippen LogP contribution in [-0.2, 0) is 7.05 Å². The maximum atomic E-state index is 11.3. The van der Waals surface area contributed by atoms with Crippen LogP contribution in [0, 0.1) is 0 Å². The third-order valence-electron chi connectivity index (χ3n) is 2.81. The van der Waals surface area contributed by atoms with E-state index in [-0.39, 0.29) is 0 Å². The molecule has 1 aromatic heterocycles. The normalized spacial score (nSPS) is 12.3. The van der Waals surface area contributed by atoms with Crippen molar-refractivity contribution in [3.63, 3.8) is 0 Å². The summed E-state index contributed by atoms with van der Waals surface area (Å²) in [4.78, 5) is 27.0. The highest BCUT2D eigenvalue weighted by Crippen LogP contribution is 2.32. The molecule has 0 aliphatic carbocycles. The first-order valence-electron chi connectivity index (χ1n) is 6.15. The molecule has 2 aromatic rings. The molecule has 20 heavy (non-hydrogen) atoms. The molecule has 2 rings (SSSR count). The van der Waals surface area contributed by atoms with Gasteiger partial charge < -0.3 is 5.11 Å². The SMILES string of the molecule is CCC(O)c1ccccc1Sc1nc(=O)c(=O)[nH]n1C. The van der Waals surface area contributed by atoms with Gasteiger partial charge in [0.05, 0.1) is 6.10 Å². The Morgan fingerprint density at radius 1 is 1.40 bits per heavy atom. The van der Waals surface area contributed by atoms with Gasteiger partial charge >= 0.3 is 11.1 Å². The van der Waals surface area contributed by atoms with Gasteiger partial charge in [-0.15, -0.1) is 0 Å². The van der Waals surface area contributed by atoms with Gasteiger partial charge in [-0.2, -0.15) is 4.98 Å². The van der Waals surface area contributed by atoms with Crippen LogP contribution >= 0.6 is 11.8 Å². The Hall–Kier alpha value is -1.86. The number of aliphatic hydroxyl groups excluding tert-OH is 1. The van der Waals surface area contributed by atoms with Crippen molar-refractivity contribution < 1.29 is 5.11 Å². The maximum absolute atomic E-state index is 11.3. The molecule has 0 amide bonds. The van der Waals surface area contributed by atoms with E-state index >= 15 is 0 Å². The highest BCUT2D eigenvalue weighted by atomic mass is 32.2. The minimum Gasteiger partial charge on any atom is -0.388 e. The first kappa shape index (κ1) is 14.5. The second-order valence-electron chi connectivity index (χ2n) is 4.26. The lowest BCUT2D eigenvalue weighted by Crippen LogP contribution is -2.33. The van der Waals surface area contributed by atoms with Crippen LogP contribution < -0.4 is 11.1 Å². The van der Waals surface area contributed by atoms with Crippen LogP contribution in [0.3, 0.4) is 0 Å². The van der Waals surface area contributed by atoms with Crippen LogP contribution in [0.2, 0.25) is 0 Å². The topological polar surface area (TPSA) is 88.0 Å². The molecule has 1 atom stereocenters. The van der Waals surface area contributed by atoms with Gasteiger partial charge in [0.2, 0.25) is 0 Å². The van der Waals surface area contributed by atoms with E-state index in [1.54, 1.807) is 7.05 Å². The highest BCUT2D eigenvalue weighted by molar-refractivity contribution is 7.99. The quantitative estimate of drug-likeness (QED) is 0.823. The van der Waals surface area contributed by atoms with Gasteiger partial charge in [0.1, 0.15) is 0 Å². The van der Waals surface area contributed by atoms with Crippen LogP contribution in [0.25, 0.3) is 0 Å². The second-order valence-corrected chi connectivity index (χ2v) is 5.27. The molecule has 6 nitrogen and oxygen atoms in total. The van der Waals surface area contributed by atoms with Crippen molar-refractivity contribution in [2.45, 2.75) is 29.5 Å². The van der Waals surface area contributed by atoms with Crippen LogP contribution in [0.15, 0.2) is 43.9 Å². The van der Waals surface area contributed by atoms with Crippen molar-refractivity contribution >= 4 is 11.8 Å². The lowest BCUT2D eigenvalue weighted by atomic mass is 10.1. The van der Waals surface area contributed by atoms with Gasteiger partial charge in [0.15, 0.2) is 5.16 Å². The van der Waals surface area contributed by atoms with Crippen LogP contribution in [0.5, 0.6) is 0 Å². The van der Waals surface area contributed by atoms with Gasteiger partial charge in [-0.3, -0.25) is 19.4 Å². The van der Waals surface area contributed by atoms with Crippen molar-refractivity contribution in [3.8, 4) is 0 Å². The molecule has 0 bridgehead atoms. The maximum Gasteiger partial charge on any atom is 0.339 e. The minimum atomic E-state index is -0.820. The Bertz CT molecular complexity index is 723. The molecule has 0 radical (unpaired) electrons. The summed E-state index contributed by atoms with van der Waals surface area (Å²) in [5, 5.41) is 12.8. The molecule has 106 valence electrons. The van der Waals surface area contributed by atoms with E-state index < -0.39 is 17.2 Å². The zero-order valence-corrected chi connectivity index (χ0v) is 12.0. The van der Waals surface area contributed by atoms with Gasteiger partial charge in [-0.05, 0) is 29.8 Å². The van der Waals surface area contributed by atoms with Crippen molar-refractivity contribution in [2.75, 3.05) is 0 Å². The molecule has 2 N–H and O–H groups in total. The van der Waals surface area contributed by atoms with E-state index in [9.17, 15) is 14.7 Å². The number of rotatable bonds is 4. The van der Waals surface area contributed by atoms with E-state index in [2.05, 4.69) is 10.1 Å². The average Bonchev–Trinajstić information content (AvgIpc) is 2.44. The fourth-order valence-electron chi connectivity index (χ4n) is 1.72. The van der Waals surface area contributed by atoms with Gasteiger partial charge in [0.25, 0.3) is 0 Å². The fourth-order valence-corrected chi connectivity index (χ4v) is 2.70. The van der Waals surface area contributed by atoms with E-state index in [4.69, 9.17) is 0 Å². The number of hydrogen-bond acceptors (Lipinski definition) is 5. The predicted molar refractivity (Wildman–Crippen MR) is 75.9 cm³/mol. The Kier molecular flexibility index (Phi) is 4.41. The summed E-state index contributed by atoms with van der Waals surface area (Å²) < 4.78 is 1.39. The molecular weight excluding hydrogens is 278 g/mol. The molecule has 1 heterocycles. The van der Waals surface area contributed by atoms with Crippen LogP contribution in [0.4, 0.5) is 0 Å². The Morgan fingerprint density at radius 2 is 2.10 bits per heavy atom. The standard InChI is InChI=1S/C13H15N3O3S/c1-3-9(17)8-6-4-5-7-10(8)20-13-14-11(18)12(19)15-16(13)2/h4-7,9,17H,3H2,1-2H3,(H,15,19). The summed E-state index contributed by atoms with van der Waals surface area (Å²) in [7, 11) is 1.61. The third kappa shape index (κ3) is 3.00. The van der Waals surface area contributed by atoms with Crippen molar-refractivity contribution in [1.29, 1.82) is 0 Å². The average molecular weight is 293 g/mol. The fraction of sp³-hybridized carbons (Fsp3) is 0.308. The molecule has 1 unspecified atom stereocenters. The number of nitrogens with one attached hydrogen (secondary N) is 1. The lowest BCUT2D eigenvalue weighted by molar-refractivity contribution is 0.171. The smallest absolute Gasteiger partial charge is 0.339 e. The van der Waals surface area contributed by atoms with Crippen molar-refractivity contribution in [2.24, 2.45) is 7.05 Å². The Balaban J connectivity index is 2.43. The van der Waals surface area contributed by atoms with Crippen molar-refractivity contribution in [3.05, 3.63) is 50.5 Å². The first-order chi connectivity index (χ1) is 9.52. The summed E-state index contributed by atoms with van der Waals surface area (Å²) in [5.41, 5.74) is -0.793. The number of aromatic nitrogens is 3. The molecular formula is C13H15N3O3S. The minimum absolute atomic E-state index is 0.366. The largest absolute Gasteiger partial charge is 0.388 e. The summed E-state index contributed by atoms with van der Waals surface area (Å²) in [6.07, 6.45) is 0.0220. The molecule has 0 fully saturated rings. The number of aromatic amines is 1. The van der Waals surface area contributed by atoms with E-state index in [1.807, 2.05) is 31.2 Å². The summed E-state index contributed by atoms with van der Waals surface area (Å²) in [6, 6.07) is 7.37. The highest BCUT2D eigenvalue weighted by Gasteiger charge is 2.13. The number of aliphatic hydroxyl groups is 1. The zero-order chi connectivity index (χ0) is 14.7. The molecule has 0 aliphatic rings. The number of aryl methyl sites for hydroxylation is 1. The number of hydrogen-bond donors (Lipinski definition) is 2. The Morgan fingerprint density at radius 3 is 2.80 bits per heavy atom. The van der Waals surface area contributed by atoms with Gasteiger partial charge in [-0.25, -0.2) is 0 Å². The number of H-pyrrole nitrogens is 1. The molecule has 0 aliphatic heterocycles. The molecule has 7 heteroatoms. The predicted octanol–water partition coefficient (Wildman–Crippen LogP) is 1.06. The van der Waals surface area contributed by atoms with Crippen LogP contribution in [0.1, 0.15) is 25.0 Å². The summed E-state index contributed by atoms with van der Waals surface area (Å²) in [6.45, 7) is 1.89. The summed E-state index contributed by atoms with van der Waals surface area (Å²) in [5.74, 6) is 0. The molecule has 0 saturated heterocycles. The van der Waals surface area contributed by atoms with E-state index in [1.165, 1.54) is 16.4 Å². The number of benzene rings is 1. The summed E-state index contributed by atoms with van der Waals surface area (Å²) >= 11 is 1.23. The monoisotopic (exact) mass is 293 g/mol. The van der Waals surface area contributed by atoms with E-state index in [0.29, 0.717) is 11.6 Å². The van der Waals surface area contributed by atoms with Gasteiger partial charge in [-0.1, -0.05) is 25.1 Å². The first-order valence-corrected chi connectivity index (χ1v) is 6.96. The van der Waals surface area contributed by atoms with Crippen LogP contribution in [-0.4, -0.2) is 19.9 Å². The molecule has 1 aromatic carbocycles. The Labute approximate surface area is 119 Å². The molecule has 0 saturated carbocycles. The third-order valence-corrected chi connectivity index (χ3v) is 3.95. The number of nitrogens with zero attached hydrogens (tertiary/aromatic N) is 2. The van der Waals surface area contributed by atoms with Crippen molar-refractivity contribution in [1.82, 2.24) is 14.8 Å². The molecule has 0 spiro atoms. The zero-order valence-electron chi connectivity index (χ0n) is 11.2. The lowest BCUT2D eigenvalue weighted by Gasteiger charge is -2.13. The van der Waals surface area contributed by atoms with E-state index in [0.717, 1.165) is 10.5 Å². The second kappa shape index (κ2) is 6.06.